The van der Waals surface area contributed by atoms with Gasteiger partial charge in [-0.3, -0.25) is 4.90 Å². The van der Waals surface area contributed by atoms with Crippen molar-refractivity contribution in [2.24, 2.45) is 0 Å². The highest BCUT2D eigenvalue weighted by atomic mass is 15.3. The van der Waals surface area contributed by atoms with Gasteiger partial charge >= 0.3 is 0 Å². The summed E-state index contributed by atoms with van der Waals surface area (Å²) in [5.41, 5.74) is 9.26. The van der Waals surface area contributed by atoms with Crippen LogP contribution in [0.25, 0.3) is 0 Å². The Labute approximate surface area is 157 Å². The number of anilines is 6. The second-order valence-electron chi connectivity index (χ2n) is 5.87. The Balaban J connectivity index is 1.73. The summed E-state index contributed by atoms with van der Waals surface area (Å²) < 4.78 is 0. The summed E-state index contributed by atoms with van der Waals surface area (Å²) in [6, 6.07) is 27.4. The lowest BCUT2D eigenvalue weighted by Crippen LogP contribution is -2.14. The fraction of sp³-hybridized carbons (Fsp3) is 0. The predicted molar refractivity (Wildman–Crippen MR) is 109 cm³/mol. The molecule has 0 saturated carbocycles. The van der Waals surface area contributed by atoms with Gasteiger partial charge in [0, 0.05) is 22.7 Å². The minimum atomic E-state index is 0.447. The molecule has 0 amide bonds. The zero-order valence-electron chi connectivity index (χ0n) is 14.5. The van der Waals surface area contributed by atoms with Crippen LogP contribution in [-0.2, 0) is 0 Å². The maximum Gasteiger partial charge on any atom is 0.239 e. The van der Waals surface area contributed by atoms with Crippen molar-refractivity contribution < 1.29 is 0 Å². The fourth-order valence-electron chi connectivity index (χ4n) is 2.74. The predicted octanol–water partition coefficient (Wildman–Crippen LogP) is 4.67. The van der Waals surface area contributed by atoms with E-state index in [0.29, 0.717) is 17.6 Å². The van der Waals surface area contributed by atoms with Gasteiger partial charge < -0.3 is 11.1 Å². The normalized spacial score (nSPS) is 10.4. The minimum Gasteiger partial charge on any atom is -0.399 e. The number of rotatable bonds is 5. The Hall–Kier alpha value is -3.93. The highest BCUT2D eigenvalue weighted by Gasteiger charge is 2.15. The summed E-state index contributed by atoms with van der Waals surface area (Å²) in [5, 5.41) is 3.17. The molecule has 4 rings (SSSR count). The van der Waals surface area contributed by atoms with Gasteiger partial charge in [-0.2, -0.15) is 4.98 Å². The van der Waals surface area contributed by atoms with E-state index < -0.39 is 0 Å². The van der Waals surface area contributed by atoms with Crippen LogP contribution in [0.3, 0.4) is 0 Å². The van der Waals surface area contributed by atoms with Crippen LogP contribution in [0.1, 0.15) is 0 Å². The quantitative estimate of drug-likeness (QED) is 0.507. The molecule has 132 valence electrons. The van der Waals surface area contributed by atoms with E-state index in [1.807, 2.05) is 89.8 Å². The van der Waals surface area contributed by atoms with E-state index in [2.05, 4.69) is 20.3 Å². The number of hydrogen-bond donors (Lipinski definition) is 2. The van der Waals surface area contributed by atoms with Crippen LogP contribution < -0.4 is 16.0 Å². The molecule has 1 heterocycles. The molecule has 6 nitrogen and oxygen atoms in total. The van der Waals surface area contributed by atoms with Crippen LogP contribution in [0, 0.1) is 0 Å². The Morgan fingerprint density at radius 2 is 1.41 bits per heavy atom. The van der Waals surface area contributed by atoms with E-state index in [0.717, 1.165) is 17.1 Å². The maximum atomic E-state index is 5.84. The highest BCUT2D eigenvalue weighted by Crippen LogP contribution is 2.31. The lowest BCUT2D eigenvalue weighted by atomic mass is 10.2. The van der Waals surface area contributed by atoms with Gasteiger partial charge in [-0.15, -0.1) is 0 Å². The first kappa shape index (κ1) is 16.5. The van der Waals surface area contributed by atoms with Gasteiger partial charge in [-0.1, -0.05) is 42.5 Å². The van der Waals surface area contributed by atoms with Gasteiger partial charge in [0.15, 0.2) is 0 Å². The summed E-state index contributed by atoms with van der Waals surface area (Å²) >= 11 is 0. The van der Waals surface area contributed by atoms with Crippen molar-refractivity contribution in [3.63, 3.8) is 0 Å². The molecule has 0 spiro atoms. The molecule has 3 aromatic carbocycles. The van der Waals surface area contributed by atoms with Crippen LogP contribution in [-0.4, -0.2) is 15.0 Å². The number of nitrogens with two attached hydrogens (primary N) is 1. The molecule has 6 heteroatoms. The maximum absolute atomic E-state index is 5.84. The Morgan fingerprint density at radius 3 is 2.04 bits per heavy atom. The summed E-state index contributed by atoms with van der Waals surface area (Å²) in [6.07, 6.45) is 1.50. The van der Waals surface area contributed by atoms with E-state index in [1.165, 1.54) is 6.33 Å². The van der Waals surface area contributed by atoms with Gasteiger partial charge in [0.05, 0.1) is 0 Å². The number of para-hydroxylation sites is 2. The second-order valence-corrected chi connectivity index (χ2v) is 5.87. The molecule has 0 fully saturated rings. The monoisotopic (exact) mass is 354 g/mol. The zero-order chi connectivity index (χ0) is 18.5. The summed E-state index contributed by atoms with van der Waals surface area (Å²) in [6.45, 7) is 0. The average molecular weight is 354 g/mol. The first-order valence-electron chi connectivity index (χ1n) is 8.51. The topological polar surface area (TPSA) is 80.0 Å². The van der Waals surface area contributed by atoms with Crippen molar-refractivity contribution in [1.82, 2.24) is 15.0 Å². The molecule has 0 bridgehead atoms. The smallest absolute Gasteiger partial charge is 0.239 e. The Morgan fingerprint density at radius 1 is 0.741 bits per heavy atom. The van der Waals surface area contributed by atoms with Gasteiger partial charge in [0.25, 0.3) is 0 Å². The van der Waals surface area contributed by atoms with Crippen LogP contribution in [0.5, 0.6) is 0 Å². The standard InChI is InChI=1S/C21H18N6/c22-16-8-7-9-17(14-16)25-20-23-15-24-21(26-20)27(18-10-3-1-4-11-18)19-12-5-2-6-13-19/h1-15H,22H2,(H,23,24,25,26). The van der Waals surface area contributed by atoms with E-state index in [-0.39, 0.29) is 0 Å². The number of nitrogen functional groups attached to an aromatic ring is 1. The Kier molecular flexibility index (Phi) is 4.61. The SMILES string of the molecule is Nc1cccc(Nc2ncnc(N(c3ccccc3)c3ccccc3)n2)c1. The lowest BCUT2D eigenvalue weighted by Gasteiger charge is -2.23. The number of nitrogens with one attached hydrogen (secondary N) is 1. The molecule has 0 aliphatic heterocycles. The lowest BCUT2D eigenvalue weighted by molar-refractivity contribution is 1.01. The van der Waals surface area contributed by atoms with Crippen LogP contribution in [0.15, 0.2) is 91.3 Å². The molecule has 0 unspecified atom stereocenters. The molecular formula is C21H18N6. The molecule has 4 aromatic rings. The number of aromatic nitrogens is 3. The third kappa shape index (κ3) is 3.85. The van der Waals surface area contributed by atoms with Crippen molar-refractivity contribution in [3.05, 3.63) is 91.3 Å². The average Bonchev–Trinajstić information content (AvgIpc) is 2.70. The van der Waals surface area contributed by atoms with Crippen LogP contribution in [0.2, 0.25) is 0 Å². The zero-order valence-corrected chi connectivity index (χ0v) is 14.5. The van der Waals surface area contributed by atoms with Crippen molar-refractivity contribution in [1.29, 1.82) is 0 Å². The van der Waals surface area contributed by atoms with Crippen molar-refractivity contribution in [3.8, 4) is 0 Å². The third-order valence-electron chi connectivity index (χ3n) is 3.93. The second kappa shape index (κ2) is 7.53. The van der Waals surface area contributed by atoms with Gasteiger partial charge in [-0.25, -0.2) is 9.97 Å². The Bertz CT molecular complexity index is 981. The first-order chi connectivity index (χ1) is 13.3. The number of nitrogens with zero attached hydrogens (tertiary/aromatic N) is 4. The minimum absolute atomic E-state index is 0.447. The molecule has 0 saturated heterocycles. The van der Waals surface area contributed by atoms with Crippen molar-refractivity contribution in [2.75, 3.05) is 16.0 Å². The molecule has 27 heavy (non-hydrogen) atoms. The van der Waals surface area contributed by atoms with E-state index >= 15 is 0 Å². The largest absolute Gasteiger partial charge is 0.399 e. The van der Waals surface area contributed by atoms with Gasteiger partial charge in [-0.05, 0) is 42.5 Å². The van der Waals surface area contributed by atoms with Crippen LogP contribution >= 0.6 is 0 Å². The van der Waals surface area contributed by atoms with Crippen molar-refractivity contribution in [2.45, 2.75) is 0 Å². The van der Waals surface area contributed by atoms with Crippen LogP contribution in [0.4, 0.5) is 34.6 Å². The first-order valence-corrected chi connectivity index (χ1v) is 8.51. The summed E-state index contributed by atoms with van der Waals surface area (Å²) in [4.78, 5) is 15.2. The van der Waals surface area contributed by atoms with Crippen molar-refractivity contribution >= 4 is 34.6 Å². The molecular weight excluding hydrogens is 336 g/mol. The summed E-state index contributed by atoms with van der Waals surface area (Å²) in [7, 11) is 0. The molecule has 1 aromatic heterocycles. The molecule has 0 radical (unpaired) electrons. The number of benzene rings is 3. The fourth-order valence-corrected chi connectivity index (χ4v) is 2.74. The third-order valence-corrected chi connectivity index (χ3v) is 3.93. The van der Waals surface area contributed by atoms with Gasteiger partial charge in [0.1, 0.15) is 6.33 Å². The molecule has 0 aliphatic rings. The highest BCUT2D eigenvalue weighted by molar-refractivity contribution is 5.72. The molecule has 0 aliphatic carbocycles. The summed E-state index contributed by atoms with van der Waals surface area (Å²) in [5.74, 6) is 0.969. The number of hydrogen-bond acceptors (Lipinski definition) is 6. The van der Waals surface area contributed by atoms with E-state index in [1.54, 1.807) is 0 Å². The molecule has 0 atom stereocenters. The molecule has 3 N–H and O–H groups in total. The van der Waals surface area contributed by atoms with E-state index in [9.17, 15) is 0 Å². The van der Waals surface area contributed by atoms with Gasteiger partial charge in [0.2, 0.25) is 11.9 Å². The van der Waals surface area contributed by atoms with E-state index in [4.69, 9.17) is 5.73 Å².